The molecule has 6 nitrogen and oxygen atoms in total. The first-order chi connectivity index (χ1) is 13.0. The van der Waals surface area contributed by atoms with Crippen LogP contribution in [-0.2, 0) is 4.79 Å². The maximum Gasteiger partial charge on any atom is 0.311 e. The van der Waals surface area contributed by atoms with E-state index in [2.05, 4.69) is 26.2 Å². The number of ether oxygens (including phenoxy) is 3. The van der Waals surface area contributed by atoms with E-state index in [0.717, 1.165) is 15.5 Å². The standard InChI is InChI=1S/C20H19BrN2O4/c1-4-19(24)27-18-11-22-15-10-17(26-3)16(25-2)9-14(15)20(18)23-13-7-5-6-12(21)8-13/h5-11H,4H2,1-3H3,(H,22,23). The summed E-state index contributed by atoms with van der Waals surface area (Å²) in [5.74, 6) is 1.14. The van der Waals surface area contributed by atoms with Gasteiger partial charge in [-0.1, -0.05) is 28.9 Å². The summed E-state index contributed by atoms with van der Waals surface area (Å²) in [7, 11) is 3.14. The molecule has 0 saturated carbocycles. The molecule has 7 heteroatoms. The number of methoxy groups -OCH3 is 2. The highest BCUT2D eigenvalue weighted by Crippen LogP contribution is 2.40. The van der Waals surface area contributed by atoms with Crippen molar-refractivity contribution >= 4 is 44.2 Å². The second-order valence-corrected chi connectivity index (χ2v) is 6.60. The lowest BCUT2D eigenvalue weighted by Gasteiger charge is -2.16. The van der Waals surface area contributed by atoms with Crippen molar-refractivity contribution in [3.8, 4) is 17.2 Å². The van der Waals surface area contributed by atoms with Crippen LogP contribution in [0, 0.1) is 0 Å². The molecule has 0 fully saturated rings. The van der Waals surface area contributed by atoms with E-state index >= 15 is 0 Å². The van der Waals surface area contributed by atoms with Crippen LogP contribution >= 0.6 is 15.9 Å². The number of hydrogen-bond acceptors (Lipinski definition) is 6. The van der Waals surface area contributed by atoms with E-state index in [-0.39, 0.29) is 12.4 Å². The molecule has 0 aliphatic heterocycles. The van der Waals surface area contributed by atoms with Crippen molar-refractivity contribution in [3.63, 3.8) is 0 Å². The van der Waals surface area contributed by atoms with Gasteiger partial charge in [0.2, 0.25) is 0 Å². The number of pyridine rings is 1. The summed E-state index contributed by atoms with van der Waals surface area (Å²) in [5, 5.41) is 4.08. The van der Waals surface area contributed by atoms with E-state index in [1.807, 2.05) is 30.3 Å². The third kappa shape index (κ3) is 4.14. The van der Waals surface area contributed by atoms with Crippen LogP contribution in [0.3, 0.4) is 0 Å². The van der Waals surface area contributed by atoms with Crippen molar-refractivity contribution < 1.29 is 19.0 Å². The summed E-state index contributed by atoms with van der Waals surface area (Å²) < 4.78 is 17.2. The zero-order chi connectivity index (χ0) is 19.4. The predicted octanol–water partition coefficient (Wildman–Crippen LogP) is 5.07. The highest BCUT2D eigenvalue weighted by Gasteiger charge is 2.16. The number of fused-ring (bicyclic) bond motifs is 1. The molecule has 0 aliphatic carbocycles. The minimum absolute atomic E-state index is 0.264. The Morgan fingerprint density at radius 1 is 1.11 bits per heavy atom. The fourth-order valence-corrected chi connectivity index (χ4v) is 3.01. The van der Waals surface area contributed by atoms with Gasteiger partial charge in [0.1, 0.15) is 0 Å². The molecule has 3 rings (SSSR count). The maximum atomic E-state index is 11.9. The lowest BCUT2D eigenvalue weighted by atomic mass is 10.1. The Morgan fingerprint density at radius 2 is 1.85 bits per heavy atom. The number of carbonyl (C=O) groups is 1. The molecule has 0 aliphatic rings. The Hall–Kier alpha value is -2.80. The van der Waals surface area contributed by atoms with Gasteiger partial charge in [-0.25, -0.2) is 0 Å². The van der Waals surface area contributed by atoms with Gasteiger partial charge in [-0.15, -0.1) is 0 Å². The van der Waals surface area contributed by atoms with Crippen molar-refractivity contribution in [2.75, 3.05) is 19.5 Å². The fourth-order valence-electron chi connectivity index (χ4n) is 2.61. The van der Waals surface area contributed by atoms with Gasteiger partial charge in [-0.05, 0) is 24.3 Å². The zero-order valence-electron chi connectivity index (χ0n) is 15.2. The third-order valence-electron chi connectivity index (χ3n) is 3.94. The van der Waals surface area contributed by atoms with Gasteiger partial charge >= 0.3 is 5.97 Å². The molecule has 3 aromatic rings. The van der Waals surface area contributed by atoms with Gasteiger partial charge in [0.15, 0.2) is 17.2 Å². The number of aromatic nitrogens is 1. The van der Waals surface area contributed by atoms with Crippen LogP contribution in [0.5, 0.6) is 17.2 Å². The van der Waals surface area contributed by atoms with Crippen molar-refractivity contribution in [3.05, 3.63) is 47.1 Å². The highest BCUT2D eigenvalue weighted by atomic mass is 79.9. The first-order valence-electron chi connectivity index (χ1n) is 8.33. The molecule has 0 radical (unpaired) electrons. The smallest absolute Gasteiger partial charge is 0.311 e. The number of benzene rings is 2. The van der Waals surface area contributed by atoms with Crippen LogP contribution < -0.4 is 19.5 Å². The molecule has 0 saturated heterocycles. The Morgan fingerprint density at radius 3 is 2.52 bits per heavy atom. The van der Waals surface area contributed by atoms with Crippen molar-refractivity contribution in [1.29, 1.82) is 0 Å². The minimum atomic E-state index is -0.339. The van der Waals surface area contributed by atoms with E-state index in [1.54, 1.807) is 27.2 Å². The number of hydrogen-bond donors (Lipinski definition) is 1. The molecule has 2 aromatic carbocycles. The zero-order valence-corrected chi connectivity index (χ0v) is 16.8. The lowest BCUT2D eigenvalue weighted by Crippen LogP contribution is -2.08. The topological polar surface area (TPSA) is 69.7 Å². The Kier molecular flexibility index (Phi) is 5.81. The van der Waals surface area contributed by atoms with Crippen LogP contribution in [0.2, 0.25) is 0 Å². The second-order valence-electron chi connectivity index (χ2n) is 5.68. The quantitative estimate of drug-likeness (QED) is 0.550. The van der Waals surface area contributed by atoms with Crippen LogP contribution in [-0.4, -0.2) is 25.2 Å². The predicted molar refractivity (Wildman–Crippen MR) is 108 cm³/mol. The minimum Gasteiger partial charge on any atom is -0.493 e. The molecule has 0 spiro atoms. The molecule has 27 heavy (non-hydrogen) atoms. The first-order valence-corrected chi connectivity index (χ1v) is 9.13. The van der Waals surface area contributed by atoms with Gasteiger partial charge in [0.05, 0.1) is 31.6 Å². The Labute approximate surface area is 165 Å². The summed E-state index contributed by atoms with van der Waals surface area (Å²) in [5.41, 5.74) is 2.14. The summed E-state index contributed by atoms with van der Waals surface area (Å²) in [6.45, 7) is 1.74. The number of esters is 1. The molecular weight excluding hydrogens is 412 g/mol. The van der Waals surface area contributed by atoms with Crippen molar-refractivity contribution in [2.24, 2.45) is 0 Å². The average Bonchev–Trinajstić information content (AvgIpc) is 2.68. The summed E-state index contributed by atoms with van der Waals surface area (Å²) in [6, 6.07) is 11.3. The second kappa shape index (κ2) is 8.26. The normalized spacial score (nSPS) is 10.5. The Bertz CT molecular complexity index is 991. The molecule has 0 atom stereocenters. The van der Waals surface area contributed by atoms with E-state index in [4.69, 9.17) is 14.2 Å². The van der Waals surface area contributed by atoms with Gasteiger partial charge in [-0.3, -0.25) is 9.78 Å². The van der Waals surface area contributed by atoms with Crippen LogP contribution in [0.1, 0.15) is 13.3 Å². The first kappa shape index (κ1) is 19.0. The van der Waals surface area contributed by atoms with Gasteiger partial charge < -0.3 is 19.5 Å². The van der Waals surface area contributed by atoms with Gasteiger partial charge in [-0.2, -0.15) is 0 Å². The molecule has 0 bridgehead atoms. The number of halogens is 1. The van der Waals surface area contributed by atoms with Crippen molar-refractivity contribution in [1.82, 2.24) is 4.98 Å². The summed E-state index contributed by atoms with van der Waals surface area (Å²) in [4.78, 5) is 16.3. The van der Waals surface area contributed by atoms with Crippen LogP contribution in [0.25, 0.3) is 10.9 Å². The Balaban J connectivity index is 2.19. The monoisotopic (exact) mass is 430 g/mol. The number of rotatable bonds is 6. The van der Waals surface area contributed by atoms with E-state index in [1.165, 1.54) is 6.20 Å². The number of anilines is 2. The SMILES string of the molecule is CCC(=O)Oc1cnc2cc(OC)c(OC)cc2c1Nc1cccc(Br)c1. The summed E-state index contributed by atoms with van der Waals surface area (Å²) >= 11 is 3.46. The van der Waals surface area contributed by atoms with Crippen LogP contribution in [0.15, 0.2) is 47.1 Å². The highest BCUT2D eigenvalue weighted by molar-refractivity contribution is 9.10. The molecular formula is C20H19BrN2O4. The van der Waals surface area contributed by atoms with E-state index < -0.39 is 0 Å². The maximum absolute atomic E-state index is 11.9. The fraction of sp³-hybridized carbons (Fsp3) is 0.200. The molecule has 1 heterocycles. The third-order valence-corrected chi connectivity index (χ3v) is 4.44. The molecule has 140 valence electrons. The molecule has 1 aromatic heterocycles. The van der Waals surface area contributed by atoms with Crippen molar-refractivity contribution in [2.45, 2.75) is 13.3 Å². The average molecular weight is 431 g/mol. The van der Waals surface area contributed by atoms with E-state index in [9.17, 15) is 4.79 Å². The van der Waals surface area contributed by atoms with Gasteiger partial charge in [0, 0.05) is 28.0 Å². The van der Waals surface area contributed by atoms with Gasteiger partial charge in [0.25, 0.3) is 0 Å². The summed E-state index contributed by atoms with van der Waals surface area (Å²) in [6.07, 6.45) is 1.79. The number of nitrogens with one attached hydrogen (secondary N) is 1. The lowest BCUT2D eigenvalue weighted by molar-refractivity contribution is -0.133. The van der Waals surface area contributed by atoms with Crippen LogP contribution in [0.4, 0.5) is 11.4 Å². The number of nitrogens with zero attached hydrogens (tertiary/aromatic N) is 1. The molecule has 0 amide bonds. The molecule has 0 unspecified atom stereocenters. The largest absolute Gasteiger partial charge is 0.493 e. The van der Waals surface area contributed by atoms with E-state index in [0.29, 0.717) is 28.5 Å². The molecule has 1 N–H and O–H groups in total. The number of carbonyl (C=O) groups excluding carboxylic acids is 1.